The number of carbonyl (C=O) groups excluding carboxylic acids is 1. The lowest BCUT2D eigenvalue weighted by Crippen LogP contribution is -2.12. The summed E-state index contributed by atoms with van der Waals surface area (Å²) in [5, 5.41) is 17.0. The molecule has 0 aliphatic heterocycles. The lowest BCUT2D eigenvalue weighted by atomic mass is 10.1. The van der Waals surface area contributed by atoms with E-state index in [1.807, 2.05) is 33.8 Å². The Kier molecular flexibility index (Phi) is 9.08. The van der Waals surface area contributed by atoms with E-state index >= 15 is 0 Å². The average Bonchev–Trinajstić information content (AvgIpc) is 2.46. The highest BCUT2D eigenvalue weighted by Crippen LogP contribution is 2.05. The maximum Gasteiger partial charge on any atom is 0.335 e. The SMILES string of the molecule is CC(=CC(C)C)C(=O)OC(C)C.O=C(O)c1cccc(C(=O)O)c1. The molecule has 24 heavy (non-hydrogen) atoms. The topological polar surface area (TPSA) is 101 Å². The van der Waals surface area contributed by atoms with Gasteiger partial charge >= 0.3 is 17.9 Å². The molecule has 0 bridgehead atoms. The van der Waals surface area contributed by atoms with E-state index in [0.29, 0.717) is 11.5 Å². The van der Waals surface area contributed by atoms with E-state index in [9.17, 15) is 14.4 Å². The van der Waals surface area contributed by atoms with E-state index < -0.39 is 11.9 Å². The van der Waals surface area contributed by atoms with Crippen LogP contribution in [0.1, 0.15) is 55.3 Å². The second-order valence-electron chi connectivity index (χ2n) is 5.74. The number of esters is 1. The van der Waals surface area contributed by atoms with E-state index in [1.54, 1.807) is 6.92 Å². The standard InChI is InChI=1S/C10H18O2.C8H6O4/c1-7(2)6-9(5)10(11)12-8(3)4;9-7(10)5-2-1-3-6(4-5)8(11)12/h6-8H,1-5H3;1-4H,(H,9,10)(H,11,12). The van der Waals surface area contributed by atoms with E-state index in [4.69, 9.17) is 14.9 Å². The monoisotopic (exact) mass is 336 g/mol. The molecule has 0 aliphatic rings. The molecule has 0 radical (unpaired) electrons. The third kappa shape index (κ3) is 8.73. The Morgan fingerprint density at radius 2 is 1.46 bits per heavy atom. The molecule has 0 heterocycles. The lowest BCUT2D eigenvalue weighted by molar-refractivity contribution is -0.142. The van der Waals surface area contributed by atoms with Crippen molar-refractivity contribution in [3.05, 3.63) is 47.0 Å². The fraction of sp³-hybridized carbons (Fsp3) is 0.389. The summed E-state index contributed by atoms with van der Waals surface area (Å²) in [4.78, 5) is 32.0. The predicted molar refractivity (Wildman–Crippen MR) is 90.2 cm³/mol. The Morgan fingerprint density at radius 1 is 1.00 bits per heavy atom. The van der Waals surface area contributed by atoms with Gasteiger partial charge in [-0.1, -0.05) is 26.0 Å². The zero-order valence-corrected chi connectivity index (χ0v) is 14.6. The first kappa shape index (κ1) is 21.4. The van der Waals surface area contributed by atoms with Crippen molar-refractivity contribution < 1.29 is 29.3 Å². The fourth-order valence-electron chi connectivity index (χ4n) is 1.66. The zero-order valence-electron chi connectivity index (χ0n) is 14.6. The summed E-state index contributed by atoms with van der Waals surface area (Å²) >= 11 is 0. The van der Waals surface area contributed by atoms with Crippen LogP contribution >= 0.6 is 0 Å². The molecule has 1 rings (SSSR count). The van der Waals surface area contributed by atoms with Crippen LogP contribution in [0.15, 0.2) is 35.9 Å². The van der Waals surface area contributed by atoms with Gasteiger partial charge < -0.3 is 14.9 Å². The second kappa shape index (κ2) is 10.2. The number of carboxylic acids is 2. The summed E-state index contributed by atoms with van der Waals surface area (Å²) < 4.78 is 5.01. The Hall–Kier alpha value is -2.63. The number of aromatic carboxylic acids is 2. The Balaban J connectivity index is 0.000000441. The number of carboxylic acid groups (broad SMARTS) is 2. The summed E-state index contributed by atoms with van der Waals surface area (Å²) in [6.45, 7) is 9.55. The molecule has 2 N–H and O–H groups in total. The first-order valence-electron chi connectivity index (χ1n) is 7.50. The molecule has 0 saturated heterocycles. The van der Waals surface area contributed by atoms with Crippen molar-refractivity contribution in [3.8, 4) is 0 Å². The third-order valence-electron chi connectivity index (χ3n) is 2.60. The van der Waals surface area contributed by atoms with Crippen LogP contribution in [0.3, 0.4) is 0 Å². The Morgan fingerprint density at radius 3 is 1.79 bits per heavy atom. The van der Waals surface area contributed by atoms with Gasteiger partial charge in [0.25, 0.3) is 0 Å². The van der Waals surface area contributed by atoms with Crippen molar-refractivity contribution in [1.82, 2.24) is 0 Å². The largest absolute Gasteiger partial charge is 0.478 e. The molecule has 6 nitrogen and oxygen atoms in total. The molecule has 0 unspecified atom stereocenters. The van der Waals surface area contributed by atoms with Gasteiger partial charge in [-0.3, -0.25) is 0 Å². The van der Waals surface area contributed by atoms with Crippen molar-refractivity contribution in [2.24, 2.45) is 5.92 Å². The minimum absolute atomic E-state index is 0.0186. The van der Waals surface area contributed by atoms with Gasteiger partial charge in [-0.15, -0.1) is 0 Å². The second-order valence-corrected chi connectivity index (χ2v) is 5.74. The van der Waals surface area contributed by atoms with Crippen LogP contribution in [0.2, 0.25) is 0 Å². The molecule has 0 fully saturated rings. The number of allylic oxidation sites excluding steroid dienone is 1. The molecule has 0 saturated carbocycles. The molecular formula is C18H24O6. The van der Waals surface area contributed by atoms with Gasteiger partial charge in [0.2, 0.25) is 0 Å². The molecule has 1 aromatic carbocycles. The zero-order chi connectivity index (χ0) is 18.9. The predicted octanol–water partition coefficient (Wildman–Crippen LogP) is 3.62. The first-order valence-corrected chi connectivity index (χ1v) is 7.50. The van der Waals surface area contributed by atoms with Crippen molar-refractivity contribution in [2.75, 3.05) is 0 Å². The number of rotatable bonds is 5. The van der Waals surface area contributed by atoms with Crippen LogP contribution in [-0.2, 0) is 9.53 Å². The van der Waals surface area contributed by atoms with Gasteiger partial charge in [-0.05, 0) is 44.9 Å². The fourth-order valence-corrected chi connectivity index (χ4v) is 1.66. The minimum atomic E-state index is -1.13. The smallest absolute Gasteiger partial charge is 0.335 e. The summed E-state index contributed by atoms with van der Waals surface area (Å²) in [5.41, 5.74) is 0.656. The van der Waals surface area contributed by atoms with Gasteiger partial charge in [0.05, 0.1) is 17.2 Å². The van der Waals surface area contributed by atoms with E-state index in [0.717, 1.165) is 6.07 Å². The highest BCUT2D eigenvalue weighted by atomic mass is 16.5. The van der Waals surface area contributed by atoms with Crippen molar-refractivity contribution in [1.29, 1.82) is 0 Å². The molecule has 6 heteroatoms. The number of hydrogen-bond acceptors (Lipinski definition) is 4. The molecule has 0 aliphatic carbocycles. The summed E-state index contributed by atoms with van der Waals surface area (Å²) in [5.74, 6) is -2.07. The summed E-state index contributed by atoms with van der Waals surface area (Å²) in [6.07, 6.45) is 1.87. The minimum Gasteiger partial charge on any atom is -0.478 e. The maximum atomic E-state index is 11.2. The lowest BCUT2D eigenvalue weighted by Gasteiger charge is -2.08. The van der Waals surface area contributed by atoms with E-state index in [-0.39, 0.29) is 23.2 Å². The maximum absolute atomic E-state index is 11.2. The molecule has 0 amide bonds. The van der Waals surface area contributed by atoms with Crippen molar-refractivity contribution >= 4 is 17.9 Å². The van der Waals surface area contributed by atoms with Crippen LogP contribution in [-0.4, -0.2) is 34.2 Å². The number of hydrogen-bond donors (Lipinski definition) is 2. The molecule has 0 atom stereocenters. The molecule has 1 aromatic rings. The van der Waals surface area contributed by atoms with Crippen LogP contribution < -0.4 is 0 Å². The number of carbonyl (C=O) groups is 3. The highest BCUT2D eigenvalue weighted by molar-refractivity contribution is 5.93. The number of ether oxygens (including phenoxy) is 1. The van der Waals surface area contributed by atoms with Gasteiger partial charge in [0.15, 0.2) is 0 Å². The normalized spacial score (nSPS) is 10.9. The van der Waals surface area contributed by atoms with Crippen molar-refractivity contribution in [3.63, 3.8) is 0 Å². The first-order chi connectivity index (χ1) is 11.0. The van der Waals surface area contributed by atoms with Crippen molar-refractivity contribution in [2.45, 2.75) is 40.7 Å². The van der Waals surface area contributed by atoms with Crippen LogP contribution in [0.5, 0.6) is 0 Å². The molecule has 0 spiro atoms. The summed E-state index contributed by atoms with van der Waals surface area (Å²) in [7, 11) is 0. The van der Waals surface area contributed by atoms with Crippen LogP contribution in [0.25, 0.3) is 0 Å². The highest BCUT2D eigenvalue weighted by Gasteiger charge is 2.08. The van der Waals surface area contributed by atoms with Gasteiger partial charge in [-0.25, -0.2) is 14.4 Å². The Bertz CT molecular complexity index is 584. The third-order valence-corrected chi connectivity index (χ3v) is 2.60. The van der Waals surface area contributed by atoms with Gasteiger partial charge in [-0.2, -0.15) is 0 Å². The number of benzene rings is 1. The molecule has 0 aromatic heterocycles. The van der Waals surface area contributed by atoms with E-state index in [2.05, 4.69) is 0 Å². The average molecular weight is 336 g/mol. The van der Waals surface area contributed by atoms with Crippen LogP contribution in [0.4, 0.5) is 0 Å². The van der Waals surface area contributed by atoms with E-state index in [1.165, 1.54) is 18.2 Å². The van der Waals surface area contributed by atoms with Gasteiger partial charge in [0.1, 0.15) is 0 Å². The van der Waals surface area contributed by atoms with Gasteiger partial charge in [0, 0.05) is 5.57 Å². The molecule has 132 valence electrons. The Labute approximate surface area is 141 Å². The summed E-state index contributed by atoms with van der Waals surface area (Å²) in [6, 6.07) is 5.20. The van der Waals surface area contributed by atoms with Crippen LogP contribution in [0, 0.1) is 5.92 Å². The quantitative estimate of drug-likeness (QED) is 0.629. The molecular weight excluding hydrogens is 312 g/mol.